The van der Waals surface area contributed by atoms with E-state index in [-0.39, 0.29) is 0 Å². The topological polar surface area (TPSA) is 48.0 Å². The van der Waals surface area contributed by atoms with Crippen LogP contribution in [0.2, 0.25) is 0 Å². The Balaban J connectivity index is 2.59. The minimum Gasteiger partial charge on any atom is -0.364 e. The monoisotopic (exact) mass is 200 g/mol. The fourth-order valence-electron chi connectivity index (χ4n) is 1.65. The first-order valence-electron chi connectivity index (χ1n) is 4.73. The number of para-hydroxylation sites is 1. The summed E-state index contributed by atoms with van der Waals surface area (Å²) in [5, 5.41) is 0. The van der Waals surface area contributed by atoms with Crippen molar-refractivity contribution in [2.75, 3.05) is 0 Å². The number of carbonyl (C=O) groups is 1. The lowest BCUT2D eigenvalue weighted by Crippen LogP contribution is -2.16. The van der Waals surface area contributed by atoms with Crippen LogP contribution in [0.25, 0.3) is 5.69 Å². The summed E-state index contributed by atoms with van der Waals surface area (Å²) in [7, 11) is 0. The first kappa shape index (κ1) is 9.52. The van der Waals surface area contributed by atoms with Crippen molar-refractivity contribution < 1.29 is 4.79 Å². The molecule has 0 atom stereocenters. The van der Waals surface area contributed by atoms with Crippen LogP contribution >= 0.6 is 0 Å². The Kier molecular flexibility index (Phi) is 2.29. The number of rotatable bonds is 2. The van der Waals surface area contributed by atoms with Crippen LogP contribution < -0.4 is 5.73 Å². The summed E-state index contributed by atoms with van der Waals surface area (Å²) in [5.74, 6) is -0.402. The number of nitrogens with two attached hydrogens (primary N) is 1. The van der Waals surface area contributed by atoms with Gasteiger partial charge in [-0.15, -0.1) is 0 Å². The van der Waals surface area contributed by atoms with E-state index >= 15 is 0 Å². The van der Waals surface area contributed by atoms with Crippen LogP contribution in [-0.2, 0) is 0 Å². The highest BCUT2D eigenvalue weighted by atomic mass is 16.1. The summed E-state index contributed by atoms with van der Waals surface area (Å²) in [5.41, 5.74) is 7.72. The second-order valence-electron chi connectivity index (χ2n) is 3.42. The number of hydrogen-bond acceptors (Lipinski definition) is 1. The minimum atomic E-state index is -0.402. The largest absolute Gasteiger partial charge is 0.364 e. The van der Waals surface area contributed by atoms with Gasteiger partial charge in [0.15, 0.2) is 0 Å². The fourth-order valence-corrected chi connectivity index (χ4v) is 1.65. The van der Waals surface area contributed by atoms with Gasteiger partial charge in [0.2, 0.25) is 0 Å². The van der Waals surface area contributed by atoms with Crippen molar-refractivity contribution in [3.8, 4) is 5.69 Å². The standard InChI is InChI=1S/C12H12N2O/c1-9-7-8-14(11(9)12(13)15)10-5-3-2-4-6-10/h2-8H,1H3,(H2,13,15). The maximum Gasteiger partial charge on any atom is 0.265 e. The molecular weight excluding hydrogens is 188 g/mol. The first-order valence-corrected chi connectivity index (χ1v) is 4.73. The summed E-state index contributed by atoms with van der Waals surface area (Å²) >= 11 is 0. The van der Waals surface area contributed by atoms with Crippen molar-refractivity contribution >= 4 is 5.91 Å². The molecule has 0 fully saturated rings. The molecule has 0 spiro atoms. The van der Waals surface area contributed by atoms with Crippen LogP contribution in [0.15, 0.2) is 42.6 Å². The summed E-state index contributed by atoms with van der Waals surface area (Å²) in [6, 6.07) is 11.5. The quantitative estimate of drug-likeness (QED) is 0.790. The van der Waals surface area contributed by atoms with Gasteiger partial charge in [0.05, 0.1) is 0 Å². The molecule has 1 heterocycles. The molecular formula is C12H12N2O. The fraction of sp³-hybridized carbons (Fsp3) is 0.0833. The zero-order valence-electron chi connectivity index (χ0n) is 8.47. The van der Waals surface area contributed by atoms with Crippen LogP contribution in [0.4, 0.5) is 0 Å². The van der Waals surface area contributed by atoms with Gasteiger partial charge in [-0.25, -0.2) is 0 Å². The van der Waals surface area contributed by atoms with Crippen molar-refractivity contribution in [2.45, 2.75) is 6.92 Å². The van der Waals surface area contributed by atoms with E-state index in [4.69, 9.17) is 5.73 Å². The molecule has 0 radical (unpaired) electrons. The second-order valence-corrected chi connectivity index (χ2v) is 3.42. The lowest BCUT2D eigenvalue weighted by molar-refractivity contribution is 0.0993. The molecule has 3 heteroatoms. The highest BCUT2D eigenvalue weighted by Crippen LogP contribution is 2.15. The molecule has 15 heavy (non-hydrogen) atoms. The van der Waals surface area contributed by atoms with Gasteiger partial charge in [0.1, 0.15) is 5.69 Å². The van der Waals surface area contributed by atoms with Crippen molar-refractivity contribution in [3.05, 3.63) is 53.9 Å². The van der Waals surface area contributed by atoms with E-state index < -0.39 is 5.91 Å². The molecule has 1 aromatic heterocycles. The highest BCUT2D eigenvalue weighted by Gasteiger charge is 2.11. The summed E-state index contributed by atoms with van der Waals surface area (Å²) in [6.45, 7) is 1.87. The maximum absolute atomic E-state index is 11.3. The van der Waals surface area contributed by atoms with Crippen molar-refractivity contribution in [2.24, 2.45) is 5.73 Å². The molecule has 0 unspecified atom stereocenters. The van der Waals surface area contributed by atoms with E-state index in [9.17, 15) is 4.79 Å². The lowest BCUT2D eigenvalue weighted by atomic mass is 10.2. The third-order valence-electron chi connectivity index (χ3n) is 2.36. The normalized spacial score (nSPS) is 10.2. The van der Waals surface area contributed by atoms with Crippen LogP contribution in [0.5, 0.6) is 0 Å². The summed E-state index contributed by atoms with van der Waals surface area (Å²) in [4.78, 5) is 11.3. The predicted molar refractivity (Wildman–Crippen MR) is 59.0 cm³/mol. The molecule has 2 aromatic rings. The number of primary amides is 1. The van der Waals surface area contributed by atoms with Gasteiger partial charge in [-0.05, 0) is 30.7 Å². The molecule has 2 N–H and O–H groups in total. The van der Waals surface area contributed by atoms with E-state index in [1.54, 1.807) is 4.57 Å². The SMILES string of the molecule is Cc1ccn(-c2ccccc2)c1C(N)=O. The van der Waals surface area contributed by atoms with Crippen molar-refractivity contribution in [1.29, 1.82) is 0 Å². The summed E-state index contributed by atoms with van der Waals surface area (Å²) in [6.07, 6.45) is 1.85. The second kappa shape index (κ2) is 3.61. The Hall–Kier alpha value is -2.03. The van der Waals surface area contributed by atoms with E-state index in [0.29, 0.717) is 5.69 Å². The third kappa shape index (κ3) is 1.64. The van der Waals surface area contributed by atoms with Crippen LogP contribution in [0, 0.1) is 6.92 Å². The number of benzene rings is 1. The Morgan fingerprint density at radius 3 is 2.47 bits per heavy atom. The Labute approximate surface area is 88.1 Å². The molecule has 0 saturated heterocycles. The molecule has 3 nitrogen and oxygen atoms in total. The van der Waals surface area contributed by atoms with Gasteiger partial charge < -0.3 is 10.3 Å². The van der Waals surface area contributed by atoms with Gasteiger partial charge in [0.25, 0.3) is 5.91 Å². The van der Waals surface area contributed by atoms with Crippen LogP contribution in [-0.4, -0.2) is 10.5 Å². The number of aryl methyl sites for hydroxylation is 1. The number of amides is 1. The molecule has 0 bridgehead atoms. The highest BCUT2D eigenvalue weighted by molar-refractivity contribution is 5.93. The number of carbonyl (C=O) groups excluding carboxylic acids is 1. The maximum atomic E-state index is 11.3. The Morgan fingerprint density at radius 1 is 1.20 bits per heavy atom. The molecule has 2 rings (SSSR count). The average Bonchev–Trinajstić information content (AvgIpc) is 2.61. The zero-order chi connectivity index (χ0) is 10.8. The van der Waals surface area contributed by atoms with Gasteiger partial charge in [-0.3, -0.25) is 4.79 Å². The van der Waals surface area contributed by atoms with Crippen LogP contribution in [0.3, 0.4) is 0 Å². The van der Waals surface area contributed by atoms with Gasteiger partial charge in [0, 0.05) is 11.9 Å². The van der Waals surface area contributed by atoms with E-state index in [0.717, 1.165) is 11.3 Å². The van der Waals surface area contributed by atoms with E-state index in [2.05, 4.69) is 0 Å². The summed E-state index contributed by atoms with van der Waals surface area (Å²) < 4.78 is 1.80. The average molecular weight is 200 g/mol. The minimum absolute atomic E-state index is 0.402. The third-order valence-corrected chi connectivity index (χ3v) is 2.36. The lowest BCUT2D eigenvalue weighted by Gasteiger charge is -2.06. The number of nitrogens with zero attached hydrogens (tertiary/aromatic N) is 1. The molecule has 0 aliphatic carbocycles. The van der Waals surface area contributed by atoms with Gasteiger partial charge >= 0.3 is 0 Å². The molecule has 0 saturated carbocycles. The Morgan fingerprint density at radius 2 is 1.87 bits per heavy atom. The van der Waals surface area contributed by atoms with E-state index in [1.165, 1.54) is 0 Å². The first-order chi connectivity index (χ1) is 7.20. The molecule has 1 amide bonds. The van der Waals surface area contributed by atoms with Crippen molar-refractivity contribution in [1.82, 2.24) is 4.57 Å². The number of aromatic nitrogens is 1. The molecule has 76 valence electrons. The smallest absolute Gasteiger partial charge is 0.265 e. The van der Waals surface area contributed by atoms with Gasteiger partial charge in [-0.2, -0.15) is 0 Å². The van der Waals surface area contributed by atoms with E-state index in [1.807, 2.05) is 49.5 Å². The zero-order valence-corrected chi connectivity index (χ0v) is 8.47. The molecule has 0 aliphatic rings. The Bertz CT molecular complexity index is 486. The van der Waals surface area contributed by atoms with Crippen molar-refractivity contribution in [3.63, 3.8) is 0 Å². The number of hydrogen-bond donors (Lipinski definition) is 1. The molecule has 0 aliphatic heterocycles. The molecule has 1 aromatic carbocycles. The van der Waals surface area contributed by atoms with Gasteiger partial charge in [-0.1, -0.05) is 18.2 Å². The van der Waals surface area contributed by atoms with Crippen LogP contribution in [0.1, 0.15) is 16.1 Å². The predicted octanol–water partition coefficient (Wildman–Crippen LogP) is 1.88.